The Morgan fingerprint density at radius 1 is 1.11 bits per heavy atom. The lowest BCUT2D eigenvalue weighted by atomic mass is 10.2. The average molecular weight is 279 g/mol. The lowest BCUT2D eigenvalue weighted by molar-refractivity contribution is 0.276. The van der Waals surface area contributed by atoms with Gasteiger partial charge in [-0.3, -0.25) is 0 Å². The Morgan fingerprint density at radius 2 is 1.89 bits per heavy atom. The maximum Gasteiger partial charge on any atom is 0.134 e. The smallest absolute Gasteiger partial charge is 0.134 e. The number of hydrogen-bond donors (Lipinski definition) is 1. The van der Waals surface area contributed by atoms with Crippen molar-refractivity contribution in [2.24, 2.45) is 0 Å². The summed E-state index contributed by atoms with van der Waals surface area (Å²) in [6.45, 7) is 2.43. The van der Waals surface area contributed by atoms with Crippen molar-refractivity contribution in [1.82, 2.24) is 0 Å². The summed E-state index contributed by atoms with van der Waals surface area (Å²) in [7, 11) is 0. The fourth-order valence-corrected chi connectivity index (χ4v) is 1.84. The van der Waals surface area contributed by atoms with E-state index >= 15 is 0 Å². The van der Waals surface area contributed by atoms with Crippen LogP contribution in [-0.2, 0) is 6.61 Å². The van der Waals surface area contributed by atoms with E-state index in [0.29, 0.717) is 28.7 Å². The third-order valence-electron chi connectivity index (χ3n) is 2.54. The highest BCUT2D eigenvalue weighted by Crippen LogP contribution is 2.30. The molecule has 0 spiro atoms. The largest absolute Gasteiger partial charge is 0.494 e. The zero-order chi connectivity index (χ0) is 13.7. The number of hydrogen-bond acceptors (Lipinski definition) is 3. The highest BCUT2D eigenvalue weighted by Gasteiger charge is 2.06. The van der Waals surface area contributed by atoms with Crippen molar-refractivity contribution < 1.29 is 14.6 Å². The van der Waals surface area contributed by atoms with Crippen LogP contribution in [0.4, 0.5) is 0 Å². The van der Waals surface area contributed by atoms with E-state index in [1.165, 1.54) is 0 Å². The van der Waals surface area contributed by atoms with Crippen LogP contribution in [0.15, 0.2) is 42.5 Å². The van der Waals surface area contributed by atoms with Gasteiger partial charge in [-0.15, -0.1) is 0 Å². The van der Waals surface area contributed by atoms with Gasteiger partial charge in [0.1, 0.15) is 17.2 Å². The molecule has 19 heavy (non-hydrogen) atoms. The lowest BCUT2D eigenvalue weighted by Gasteiger charge is -2.11. The molecule has 0 aliphatic heterocycles. The summed E-state index contributed by atoms with van der Waals surface area (Å²) in [6, 6.07) is 12.5. The Bertz CT molecular complexity index is 555. The number of benzene rings is 2. The summed E-state index contributed by atoms with van der Waals surface area (Å²) in [4.78, 5) is 0. The molecule has 0 heterocycles. The minimum atomic E-state index is -0.0996. The van der Waals surface area contributed by atoms with Crippen LogP contribution in [-0.4, -0.2) is 11.7 Å². The first kappa shape index (κ1) is 13.7. The van der Waals surface area contributed by atoms with E-state index in [0.717, 1.165) is 5.75 Å². The fourth-order valence-electron chi connectivity index (χ4n) is 1.68. The van der Waals surface area contributed by atoms with Gasteiger partial charge < -0.3 is 14.6 Å². The molecule has 4 heteroatoms. The van der Waals surface area contributed by atoms with Crippen LogP contribution in [0, 0.1) is 0 Å². The second-order valence-electron chi connectivity index (χ2n) is 3.92. The summed E-state index contributed by atoms with van der Waals surface area (Å²) in [5.74, 6) is 1.93. The summed E-state index contributed by atoms with van der Waals surface area (Å²) < 4.78 is 11.2. The average Bonchev–Trinajstić information content (AvgIpc) is 2.40. The van der Waals surface area contributed by atoms with Crippen LogP contribution < -0.4 is 9.47 Å². The first-order valence-corrected chi connectivity index (χ1v) is 6.40. The summed E-state index contributed by atoms with van der Waals surface area (Å²) in [6.07, 6.45) is 0. The lowest BCUT2D eigenvalue weighted by Crippen LogP contribution is -1.94. The van der Waals surface area contributed by atoms with Crippen molar-refractivity contribution >= 4 is 11.6 Å². The van der Waals surface area contributed by atoms with Crippen molar-refractivity contribution in [3.8, 4) is 17.2 Å². The van der Waals surface area contributed by atoms with E-state index < -0.39 is 0 Å². The number of halogens is 1. The van der Waals surface area contributed by atoms with E-state index in [1.807, 2.05) is 25.1 Å². The topological polar surface area (TPSA) is 38.7 Å². The van der Waals surface area contributed by atoms with Gasteiger partial charge >= 0.3 is 0 Å². The van der Waals surface area contributed by atoms with Crippen LogP contribution >= 0.6 is 11.6 Å². The minimum absolute atomic E-state index is 0.0996. The van der Waals surface area contributed by atoms with Crippen LogP contribution in [0.3, 0.4) is 0 Å². The molecule has 0 atom stereocenters. The molecule has 100 valence electrons. The van der Waals surface area contributed by atoms with Gasteiger partial charge in [0.15, 0.2) is 0 Å². The highest BCUT2D eigenvalue weighted by molar-refractivity contribution is 6.30. The molecule has 3 nitrogen and oxygen atoms in total. The Balaban J connectivity index is 2.25. The van der Waals surface area contributed by atoms with Gasteiger partial charge in [-0.1, -0.05) is 23.7 Å². The number of rotatable bonds is 5. The number of aliphatic hydroxyl groups is 1. The zero-order valence-electron chi connectivity index (χ0n) is 10.6. The van der Waals surface area contributed by atoms with Gasteiger partial charge in [-0.2, -0.15) is 0 Å². The van der Waals surface area contributed by atoms with Crippen molar-refractivity contribution in [3.05, 3.63) is 53.1 Å². The van der Waals surface area contributed by atoms with Gasteiger partial charge in [0.25, 0.3) is 0 Å². The molecule has 0 fully saturated rings. The molecule has 2 aromatic rings. The molecule has 0 saturated carbocycles. The first-order chi connectivity index (χ1) is 9.22. The predicted molar refractivity (Wildman–Crippen MR) is 75.1 cm³/mol. The van der Waals surface area contributed by atoms with Gasteiger partial charge in [0, 0.05) is 16.7 Å². The van der Waals surface area contributed by atoms with Crippen LogP contribution in [0.25, 0.3) is 0 Å². The second-order valence-corrected chi connectivity index (χ2v) is 4.36. The van der Waals surface area contributed by atoms with E-state index in [9.17, 15) is 5.11 Å². The van der Waals surface area contributed by atoms with Gasteiger partial charge in [-0.05, 0) is 31.2 Å². The van der Waals surface area contributed by atoms with Crippen LogP contribution in [0.1, 0.15) is 12.5 Å². The zero-order valence-corrected chi connectivity index (χ0v) is 11.4. The summed E-state index contributed by atoms with van der Waals surface area (Å²) >= 11 is 5.93. The molecule has 0 radical (unpaired) electrons. The molecule has 0 bridgehead atoms. The monoisotopic (exact) mass is 278 g/mol. The molecule has 0 amide bonds. The Morgan fingerprint density at radius 3 is 2.63 bits per heavy atom. The molecule has 2 aromatic carbocycles. The molecule has 0 aliphatic carbocycles. The SMILES string of the molecule is CCOc1cccc(Oc2cc(Cl)ccc2CO)c1. The van der Waals surface area contributed by atoms with Crippen LogP contribution in [0.2, 0.25) is 5.02 Å². The van der Waals surface area contributed by atoms with Gasteiger partial charge in [0.2, 0.25) is 0 Å². The summed E-state index contributed by atoms with van der Waals surface area (Å²) in [5.41, 5.74) is 0.686. The maximum atomic E-state index is 9.28. The number of ether oxygens (including phenoxy) is 2. The van der Waals surface area contributed by atoms with Gasteiger partial charge in [0.05, 0.1) is 13.2 Å². The van der Waals surface area contributed by atoms with Crippen LogP contribution in [0.5, 0.6) is 17.2 Å². The normalized spacial score (nSPS) is 10.3. The molecule has 1 N–H and O–H groups in total. The molecule has 0 saturated heterocycles. The third-order valence-corrected chi connectivity index (χ3v) is 2.78. The molecule has 2 rings (SSSR count). The van der Waals surface area contributed by atoms with Crippen molar-refractivity contribution in [3.63, 3.8) is 0 Å². The Labute approximate surface area is 117 Å². The third kappa shape index (κ3) is 3.63. The molecule has 0 aromatic heterocycles. The predicted octanol–water partition coefficient (Wildman–Crippen LogP) is 4.02. The van der Waals surface area contributed by atoms with Gasteiger partial charge in [-0.25, -0.2) is 0 Å². The van der Waals surface area contributed by atoms with E-state index in [1.54, 1.807) is 24.3 Å². The Kier molecular flexibility index (Phi) is 4.66. The molecule has 0 aliphatic rings. The van der Waals surface area contributed by atoms with Crippen molar-refractivity contribution in [1.29, 1.82) is 0 Å². The number of aliphatic hydroxyl groups excluding tert-OH is 1. The Hall–Kier alpha value is -1.71. The summed E-state index contributed by atoms with van der Waals surface area (Å²) in [5, 5.41) is 9.84. The molecule has 0 unspecified atom stereocenters. The quantitative estimate of drug-likeness (QED) is 0.898. The van der Waals surface area contributed by atoms with E-state index in [2.05, 4.69) is 0 Å². The second kappa shape index (κ2) is 6.45. The van der Waals surface area contributed by atoms with Crippen molar-refractivity contribution in [2.75, 3.05) is 6.61 Å². The van der Waals surface area contributed by atoms with Crippen molar-refractivity contribution in [2.45, 2.75) is 13.5 Å². The fraction of sp³-hybridized carbons (Fsp3) is 0.200. The minimum Gasteiger partial charge on any atom is -0.494 e. The molecular weight excluding hydrogens is 264 g/mol. The maximum absolute atomic E-state index is 9.28. The van der Waals surface area contributed by atoms with E-state index in [4.69, 9.17) is 21.1 Å². The highest BCUT2D eigenvalue weighted by atomic mass is 35.5. The first-order valence-electron chi connectivity index (χ1n) is 6.03. The standard InChI is InChI=1S/C15H15ClO3/c1-2-18-13-4-3-5-14(9-13)19-15-8-12(16)7-6-11(15)10-17/h3-9,17H,2,10H2,1H3. The van der Waals surface area contributed by atoms with E-state index in [-0.39, 0.29) is 6.61 Å². The molecular formula is C15H15ClO3.